The van der Waals surface area contributed by atoms with Crippen LogP contribution < -0.4 is 4.74 Å². The van der Waals surface area contributed by atoms with Crippen molar-refractivity contribution in [3.8, 4) is 16.9 Å². The SMILES string of the molecule is COc1cccc(-c2ccc3oc([C@@H]4CCCN4C(=O)c4ccc([N+](=O)[O-])cc4)nc3c2)c1. The van der Waals surface area contributed by atoms with E-state index in [0.29, 0.717) is 23.6 Å². The Kier molecular flexibility index (Phi) is 5.26. The van der Waals surface area contributed by atoms with Crippen LogP contribution in [-0.4, -0.2) is 34.4 Å². The third-order valence-corrected chi connectivity index (χ3v) is 5.93. The number of likely N-dealkylation sites (tertiary alicyclic amines) is 1. The zero-order valence-electron chi connectivity index (χ0n) is 17.9. The van der Waals surface area contributed by atoms with Crippen molar-refractivity contribution in [2.45, 2.75) is 18.9 Å². The van der Waals surface area contributed by atoms with Gasteiger partial charge in [-0.15, -0.1) is 0 Å². The summed E-state index contributed by atoms with van der Waals surface area (Å²) in [5, 5.41) is 10.9. The number of hydrogen-bond acceptors (Lipinski definition) is 6. The Bertz CT molecular complexity index is 1350. The van der Waals surface area contributed by atoms with Crippen molar-refractivity contribution in [3.63, 3.8) is 0 Å². The molecule has 1 fully saturated rings. The number of ether oxygens (including phenoxy) is 1. The maximum Gasteiger partial charge on any atom is 0.269 e. The molecule has 0 saturated carbocycles. The van der Waals surface area contributed by atoms with Crippen LogP contribution in [0.2, 0.25) is 0 Å². The molecule has 166 valence electrons. The van der Waals surface area contributed by atoms with E-state index in [1.165, 1.54) is 24.3 Å². The van der Waals surface area contributed by atoms with Gasteiger partial charge in [-0.05, 0) is 60.4 Å². The van der Waals surface area contributed by atoms with Crippen LogP contribution in [0.3, 0.4) is 0 Å². The molecule has 4 aromatic rings. The van der Waals surface area contributed by atoms with Gasteiger partial charge >= 0.3 is 0 Å². The molecule has 5 rings (SSSR count). The van der Waals surface area contributed by atoms with Crippen molar-refractivity contribution < 1.29 is 18.9 Å². The molecule has 3 aromatic carbocycles. The minimum absolute atomic E-state index is 0.0460. The van der Waals surface area contributed by atoms with Crippen molar-refractivity contribution in [2.75, 3.05) is 13.7 Å². The van der Waals surface area contributed by atoms with Gasteiger partial charge in [-0.2, -0.15) is 0 Å². The number of methoxy groups -OCH3 is 1. The number of fused-ring (bicyclic) bond motifs is 1. The molecule has 1 aliphatic heterocycles. The van der Waals surface area contributed by atoms with E-state index in [2.05, 4.69) is 0 Å². The van der Waals surface area contributed by atoms with E-state index in [9.17, 15) is 14.9 Å². The van der Waals surface area contributed by atoms with E-state index >= 15 is 0 Å². The minimum atomic E-state index is -0.481. The highest BCUT2D eigenvalue weighted by Gasteiger charge is 2.34. The number of amides is 1. The number of non-ortho nitro benzene ring substituents is 1. The average Bonchev–Trinajstić information content (AvgIpc) is 3.50. The number of carbonyl (C=O) groups excluding carboxylic acids is 1. The van der Waals surface area contributed by atoms with Crippen LogP contribution in [0.1, 0.15) is 35.1 Å². The number of carbonyl (C=O) groups is 1. The average molecular weight is 443 g/mol. The van der Waals surface area contributed by atoms with Crippen LogP contribution in [-0.2, 0) is 0 Å². The van der Waals surface area contributed by atoms with Crippen molar-refractivity contribution in [2.24, 2.45) is 0 Å². The summed E-state index contributed by atoms with van der Waals surface area (Å²) in [5.74, 6) is 1.09. The highest BCUT2D eigenvalue weighted by molar-refractivity contribution is 5.95. The molecule has 0 aliphatic carbocycles. The number of aromatic nitrogens is 1. The van der Waals surface area contributed by atoms with Gasteiger partial charge < -0.3 is 14.1 Å². The fraction of sp³-hybridized carbons (Fsp3) is 0.200. The van der Waals surface area contributed by atoms with Crippen molar-refractivity contribution in [1.82, 2.24) is 9.88 Å². The lowest BCUT2D eigenvalue weighted by molar-refractivity contribution is -0.384. The van der Waals surface area contributed by atoms with Crippen LogP contribution in [0.4, 0.5) is 5.69 Å². The molecule has 33 heavy (non-hydrogen) atoms. The monoisotopic (exact) mass is 443 g/mol. The van der Waals surface area contributed by atoms with Crippen LogP contribution >= 0.6 is 0 Å². The minimum Gasteiger partial charge on any atom is -0.497 e. The summed E-state index contributed by atoms with van der Waals surface area (Å²) >= 11 is 0. The Morgan fingerprint density at radius 1 is 1.12 bits per heavy atom. The molecule has 1 amide bonds. The van der Waals surface area contributed by atoms with Crippen LogP contribution in [0.5, 0.6) is 5.75 Å². The molecule has 0 bridgehead atoms. The highest BCUT2D eigenvalue weighted by Crippen LogP contribution is 2.35. The third kappa shape index (κ3) is 3.91. The summed E-state index contributed by atoms with van der Waals surface area (Å²) < 4.78 is 11.4. The summed E-state index contributed by atoms with van der Waals surface area (Å²) in [5.41, 5.74) is 3.74. The van der Waals surface area contributed by atoms with Gasteiger partial charge in [0.15, 0.2) is 5.58 Å². The van der Waals surface area contributed by atoms with Crippen LogP contribution in [0.15, 0.2) is 71.1 Å². The van der Waals surface area contributed by atoms with E-state index in [0.717, 1.165) is 35.2 Å². The second-order valence-electron chi connectivity index (χ2n) is 7.93. The van der Waals surface area contributed by atoms with Crippen molar-refractivity contribution in [1.29, 1.82) is 0 Å². The highest BCUT2D eigenvalue weighted by atomic mass is 16.6. The van der Waals surface area contributed by atoms with E-state index in [-0.39, 0.29) is 17.6 Å². The molecular weight excluding hydrogens is 422 g/mol. The molecule has 0 unspecified atom stereocenters. The smallest absolute Gasteiger partial charge is 0.269 e. The third-order valence-electron chi connectivity index (χ3n) is 5.93. The predicted molar refractivity (Wildman–Crippen MR) is 122 cm³/mol. The van der Waals surface area contributed by atoms with Crippen LogP contribution in [0.25, 0.3) is 22.2 Å². The van der Waals surface area contributed by atoms with Gasteiger partial charge in [0, 0.05) is 24.2 Å². The zero-order valence-corrected chi connectivity index (χ0v) is 17.9. The Balaban J connectivity index is 1.42. The zero-order chi connectivity index (χ0) is 22.9. The van der Waals surface area contributed by atoms with E-state index in [1.807, 2.05) is 42.5 Å². The largest absolute Gasteiger partial charge is 0.497 e. The van der Waals surface area contributed by atoms with Gasteiger partial charge in [-0.1, -0.05) is 18.2 Å². The first-order valence-electron chi connectivity index (χ1n) is 10.6. The van der Waals surface area contributed by atoms with E-state index in [4.69, 9.17) is 14.1 Å². The fourth-order valence-corrected chi connectivity index (χ4v) is 4.23. The molecule has 1 aliphatic rings. The summed E-state index contributed by atoms with van der Waals surface area (Å²) in [7, 11) is 1.64. The molecule has 1 aromatic heterocycles. The predicted octanol–water partition coefficient (Wildman–Crippen LogP) is 5.39. The lowest BCUT2D eigenvalue weighted by Gasteiger charge is -2.22. The molecule has 0 spiro atoms. The molecule has 1 atom stereocenters. The Hall–Kier alpha value is -4.20. The maximum absolute atomic E-state index is 13.1. The fourth-order valence-electron chi connectivity index (χ4n) is 4.23. The number of nitrogens with zero attached hydrogens (tertiary/aromatic N) is 3. The first-order valence-corrected chi connectivity index (χ1v) is 10.6. The number of nitro groups is 1. The summed E-state index contributed by atoms with van der Waals surface area (Å²) in [6, 6.07) is 19.0. The molecular formula is C25H21N3O5. The van der Waals surface area contributed by atoms with Gasteiger partial charge in [0.1, 0.15) is 17.3 Å². The lowest BCUT2D eigenvalue weighted by Crippen LogP contribution is -2.30. The first-order chi connectivity index (χ1) is 16.0. The maximum atomic E-state index is 13.1. The van der Waals surface area contributed by atoms with Crippen LogP contribution in [0, 0.1) is 10.1 Å². The van der Waals surface area contributed by atoms with Crippen molar-refractivity contribution >= 4 is 22.7 Å². The number of oxazole rings is 1. The number of rotatable bonds is 5. The first kappa shape index (κ1) is 20.7. The molecule has 0 radical (unpaired) electrons. The standard InChI is InChI=1S/C25H21N3O5/c1-32-20-5-2-4-17(14-20)18-9-12-23-21(15-18)26-24(33-23)22-6-3-13-27(22)25(29)16-7-10-19(11-8-16)28(30)31/h2,4-5,7-12,14-15,22H,3,6,13H2,1H3/t22-/m0/s1. The Morgan fingerprint density at radius 2 is 1.91 bits per heavy atom. The molecule has 2 heterocycles. The van der Waals surface area contributed by atoms with E-state index < -0.39 is 4.92 Å². The second-order valence-corrected chi connectivity index (χ2v) is 7.93. The normalized spacial score (nSPS) is 15.7. The summed E-state index contributed by atoms with van der Waals surface area (Å²) in [6.45, 7) is 0.578. The van der Waals surface area contributed by atoms with Gasteiger partial charge in [-0.25, -0.2) is 4.98 Å². The molecule has 0 N–H and O–H groups in total. The van der Waals surface area contributed by atoms with Gasteiger partial charge in [-0.3, -0.25) is 14.9 Å². The van der Waals surface area contributed by atoms with Gasteiger partial charge in [0.25, 0.3) is 11.6 Å². The molecule has 1 saturated heterocycles. The topological polar surface area (TPSA) is 98.7 Å². The second kappa shape index (κ2) is 8.38. The molecule has 8 heteroatoms. The summed E-state index contributed by atoms with van der Waals surface area (Å²) in [6.07, 6.45) is 1.57. The summed E-state index contributed by atoms with van der Waals surface area (Å²) in [4.78, 5) is 29.9. The Morgan fingerprint density at radius 3 is 2.67 bits per heavy atom. The van der Waals surface area contributed by atoms with Crippen molar-refractivity contribution in [3.05, 3.63) is 88.3 Å². The van der Waals surface area contributed by atoms with Gasteiger partial charge in [0.2, 0.25) is 5.89 Å². The number of nitro benzene ring substituents is 1. The quantitative estimate of drug-likeness (QED) is 0.303. The Labute approximate surface area is 189 Å². The molecule has 8 nitrogen and oxygen atoms in total. The van der Waals surface area contributed by atoms with Gasteiger partial charge in [0.05, 0.1) is 12.0 Å². The van der Waals surface area contributed by atoms with E-state index in [1.54, 1.807) is 12.0 Å². The number of benzene rings is 3. The lowest BCUT2D eigenvalue weighted by atomic mass is 10.1. The number of hydrogen-bond donors (Lipinski definition) is 0.